The lowest BCUT2D eigenvalue weighted by Gasteiger charge is -2.22. The third-order valence-electron chi connectivity index (χ3n) is 26.7. The molecular formula is C117H74N10S. The second-order valence-corrected chi connectivity index (χ2v) is 35.1. The van der Waals surface area contributed by atoms with Crippen molar-refractivity contribution in [1.29, 1.82) is 0 Å². The van der Waals surface area contributed by atoms with Gasteiger partial charge in [0.25, 0.3) is 0 Å². The molecule has 0 amide bonds. The van der Waals surface area contributed by atoms with Gasteiger partial charge in [0.05, 0.1) is 77.7 Å². The maximum Gasteiger partial charge on any atom is 0.113 e. The highest BCUT2D eigenvalue weighted by atomic mass is 32.1. The first-order valence-corrected chi connectivity index (χ1v) is 44.3. The van der Waals surface area contributed by atoms with E-state index in [0.29, 0.717) is 0 Å². The zero-order chi connectivity index (χ0) is 84.4. The fraction of sp³-hybridized carbons (Fsp3) is 0.0256. The number of fused-ring (bicyclic) bond motifs is 24. The van der Waals surface area contributed by atoms with Gasteiger partial charge in [-0.15, -0.1) is 11.3 Å². The summed E-state index contributed by atoms with van der Waals surface area (Å²) in [5, 5.41) is 19.9. The molecule has 598 valence electrons. The number of rotatable bonds is 7. The van der Waals surface area contributed by atoms with E-state index >= 15 is 0 Å². The Hall–Kier alpha value is -16.6. The zero-order valence-corrected chi connectivity index (χ0v) is 70.5. The smallest absolute Gasteiger partial charge is 0.113 e. The number of para-hydroxylation sites is 5. The Morgan fingerprint density at radius 2 is 0.523 bits per heavy atom. The largest absolute Gasteiger partial charge is 0.309 e. The standard InChI is InChI=1S/C42H26N4.C39H27N3.C36H21N3S/c1-2-12-30(13-3-1)45-36-16-8-6-14-32(36)34-19-18-29(26-39(34)45)31-20-21-38(42-41(31)43-22-23-44-42)46-37-17-9-7-15-33(37)35-24-27-10-4-5-11-28(27)25-40(35)46;1-39(2)32-13-7-5-11-28(32)29-16-15-26(22-33(29)39)27-17-18-35(38-37(27)40-19-20-41-38)42-34-14-8-6-12-30(34)31-21-24-9-3-4-10-25(24)23-36(31)42;1-2-8-23-20-32-29(19-22(23)7-1)26-9-3-5-11-30(26)39(32)31-16-15-25(35-36(31)38-18-17-37-35)24-13-14-28-27-10-4-6-12-33(27)40-34(28)21-24/h1-26H;3-23H,1-2H3;1-21H. The highest BCUT2D eigenvalue weighted by molar-refractivity contribution is 7.25. The Labute approximate surface area is 738 Å². The van der Waals surface area contributed by atoms with E-state index in [1.165, 1.54) is 156 Å². The first-order valence-electron chi connectivity index (χ1n) is 43.5. The number of benzene rings is 19. The number of aromatic nitrogens is 10. The summed E-state index contributed by atoms with van der Waals surface area (Å²) in [5.41, 5.74) is 31.0. The highest BCUT2D eigenvalue weighted by Crippen LogP contribution is 2.52. The Balaban J connectivity index is 0.000000102. The molecule has 8 aromatic heterocycles. The molecule has 1 aliphatic carbocycles. The Bertz CT molecular complexity index is 9350. The van der Waals surface area contributed by atoms with Crippen molar-refractivity contribution in [3.63, 3.8) is 0 Å². The van der Waals surface area contributed by atoms with Gasteiger partial charge in [0.1, 0.15) is 16.6 Å². The lowest BCUT2D eigenvalue weighted by atomic mass is 9.81. The third kappa shape index (κ3) is 11.3. The Morgan fingerprint density at radius 3 is 1.00 bits per heavy atom. The minimum Gasteiger partial charge on any atom is -0.309 e. The molecule has 0 spiro atoms. The molecule has 0 saturated carbocycles. The zero-order valence-electron chi connectivity index (χ0n) is 69.6. The second kappa shape index (κ2) is 28.7. The lowest BCUT2D eigenvalue weighted by molar-refractivity contribution is 0.660. The predicted molar refractivity (Wildman–Crippen MR) is 535 cm³/mol. The van der Waals surface area contributed by atoms with Crippen LogP contribution in [0.2, 0.25) is 0 Å². The molecule has 0 unspecified atom stereocenters. The van der Waals surface area contributed by atoms with Crippen molar-refractivity contribution in [1.82, 2.24) is 48.2 Å². The van der Waals surface area contributed by atoms with Gasteiger partial charge in [-0.2, -0.15) is 0 Å². The summed E-state index contributed by atoms with van der Waals surface area (Å²) in [5.74, 6) is 0. The van der Waals surface area contributed by atoms with Crippen LogP contribution in [0.25, 0.3) is 240 Å². The molecule has 128 heavy (non-hydrogen) atoms. The SMILES string of the molecule is CC1(C)c2ccccc2-c2ccc(-c3ccc(-n4c5ccccc5c5cc6ccccc6cc54)c4nccnc34)cc21.c1ccc(-n2c3ccccc3c3ccc(-c4ccc(-n5c6ccccc6c6cc7ccccc7cc65)c5nccnc45)cc32)cc1.c1ccc2cc3c(cc2c1)c1ccccc1n3-c1ccc(-c2ccc3c(c2)sc2ccccc23)c2nccnc12. The van der Waals surface area contributed by atoms with Gasteiger partial charge in [0, 0.05) is 128 Å². The topological polar surface area (TPSA) is 97.1 Å². The van der Waals surface area contributed by atoms with Crippen molar-refractivity contribution in [3.05, 3.63) is 424 Å². The molecule has 19 aromatic carbocycles. The van der Waals surface area contributed by atoms with Crippen LogP contribution in [-0.2, 0) is 5.41 Å². The van der Waals surface area contributed by atoms with E-state index < -0.39 is 0 Å². The average molecular weight is 1650 g/mol. The van der Waals surface area contributed by atoms with Gasteiger partial charge in [0.15, 0.2) is 0 Å². The van der Waals surface area contributed by atoms with Crippen LogP contribution in [0.1, 0.15) is 25.0 Å². The molecule has 0 atom stereocenters. The summed E-state index contributed by atoms with van der Waals surface area (Å²) >= 11 is 1.84. The molecular weight excluding hydrogens is 1580 g/mol. The van der Waals surface area contributed by atoms with Gasteiger partial charge in [-0.05, 0) is 205 Å². The van der Waals surface area contributed by atoms with Crippen molar-refractivity contribution in [2.45, 2.75) is 19.3 Å². The summed E-state index contributed by atoms with van der Waals surface area (Å²) in [4.78, 5) is 29.6. The number of hydrogen-bond acceptors (Lipinski definition) is 7. The van der Waals surface area contributed by atoms with Crippen LogP contribution in [0, 0.1) is 0 Å². The van der Waals surface area contributed by atoms with Gasteiger partial charge < -0.3 is 18.3 Å². The molecule has 0 bridgehead atoms. The molecule has 0 saturated heterocycles. The molecule has 1 aliphatic rings. The first-order chi connectivity index (χ1) is 63.3. The molecule has 0 fully saturated rings. The van der Waals surface area contributed by atoms with Crippen LogP contribution in [-0.4, -0.2) is 48.2 Å². The average Bonchev–Trinajstić information content (AvgIpc) is 1.52. The molecule has 27 aromatic rings. The van der Waals surface area contributed by atoms with Gasteiger partial charge in [-0.25, -0.2) is 0 Å². The normalized spacial score (nSPS) is 12.5. The highest BCUT2D eigenvalue weighted by Gasteiger charge is 2.36. The van der Waals surface area contributed by atoms with Crippen LogP contribution in [0.3, 0.4) is 0 Å². The molecule has 0 N–H and O–H groups in total. The van der Waals surface area contributed by atoms with Crippen molar-refractivity contribution >= 4 is 184 Å². The van der Waals surface area contributed by atoms with Crippen molar-refractivity contribution in [3.8, 4) is 67.3 Å². The van der Waals surface area contributed by atoms with Gasteiger partial charge in [0.2, 0.25) is 0 Å². The molecule has 28 rings (SSSR count). The van der Waals surface area contributed by atoms with E-state index in [0.717, 1.165) is 94.7 Å². The monoisotopic (exact) mass is 1650 g/mol. The third-order valence-corrected chi connectivity index (χ3v) is 27.9. The lowest BCUT2D eigenvalue weighted by Crippen LogP contribution is -2.14. The van der Waals surface area contributed by atoms with Crippen molar-refractivity contribution in [2.24, 2.45) is 0 Å². The number of hydrogen-bond donors (Lipinski definition) is 0. The number of thiophene rings is 1. The van der Waals surface area contributed by atoms with E-state index in [4.69, 9.17) is 29.9 Å². The minimum atomic E-state index is -0.0604. The van der Waals surface area contributed by atoms with Crippen molar-refractivity contribution < 1.29 is 0 Å². The van der Waals surface area contributed by atoms with E-state index in [9.17, 15) is 0 Å². The van der Waals surface area contributed by atoms with Crippen LogP contribution >= 0.6 is 11.3 Å². The predicted octanol–water partition coefficient (Wildman–Crippen LogP) is 30.4. The van der Waals surface area contributed by atoms with Crippen LogP contribution in [0.5, 0.6) is 0 Å². The maximum atomic E-state index is 4.97. The summed E-state index contributed by atoms with van der Waals surface area (Å²) in [7, 11) is 0. The van der Waals surface area contributed by atoms with Crippen LogP contribution < -0.4 is 0 Å². The Morgan fingerprint density at radius 1 is 0.203 bits per heavy atom. The Kier molecular flexibility index (Phi) is 16.4. The number of nitrogens with zero attached hydrogens (tertiary/aromatic N) is 10. The molecule has 8 heterocycles. The van der Waals surface area contributed by atoms with E-state index in [1.54, 1.807) is 31.0 Å². The van der Waals surface area contributed by atoms with Gasteiger partial charge in [-0.3, -0.25) is 29.9 Å². The summed E-state index contributed by atoms with van der Waals surface area (Å²) in [6.07, 6.45) is 10.8. The second-order valence-electron chi connectivity index (χ2n) is 34.0. The van der Waals surface area contributed by atoms with Gasteiger partial charge in [-0.1, -0.05) is 257 Å². The molecule has 0 radical (unpaired) electrons. The summed E-state index contributed by atoms with van der Waals surface area (Å²) in [6.45, 7) is 4.66. The quantitative estimate of drug-likeness (QED) is 0.158. The van der Waals surface area contributed by atoms with E-state index in [-0.39, 0.29) is 5.41 Å². The van der Waals surface area contributed by atoms with Crippen LogP contribution in [0.4, 0.5) is 0 Å². The first kappa shape index (κ1) is 73.0. The van der Waals surface area contributed by atoms with Gasteiger partial charge >= 0.3 is 0 Å². The molecule has 10 nitrogen and oxygen atoms in total. The van der Waals surface area contributed by atoms with Crippen LogP contribution in [0.15, 0.2) is 413 Å². The maximum absolute atomic E-state index is 4.97. The van der Waals surface area contributed by atoms with Crippen molar-refractivity contribution in [2.75, 3.05) is 0 Å². The fourth-order valence-corrected chi connectivity index (χ4v) is 22.0. The van der Waals surface area contributed by atoms with E-state index in [1.807, 2.05) is 17.5 Å². The summed E-state index contributed by atoms with van der Waals surface area (Å²) < 4.78 is 12.0. The van der Waals surface area contributed by atoms with E-state index in [2.05, 4.69) is 408 Å². The molecule has 11 heteroatoms. The summed E-state index contributed by atoms with van der Waals surface area (Å²) in [6, 6.07) is 136. The fourth-order valence-electron chi connectivity index (χ4n) is 20.9. The minimum absolute atomic E-state index is 0.0604. The molecule has 0 aliphatic heterocycles.